The molecule has 5 aromatic rings. The van der Waals surface area contributed by atoms with E-state index in [2.05, 4.69) is 0 Å². The van der Waals surface area contributed by atoms with Crippen molar-refractivity contribution in [2.45, 2.75) is 51.8 Å². The maximum atomic E-state index is 16.0. The maximum absolute atomic E-state index is 16.0. The number of fused-ring (bicyclic) bond motifs is 4. The molecule has 2 aromatic heterocycles. The summed E-state index contributed by atoms with van der Waals surface area (Å²) in [7, 11) is 1.98. The summed E-state index contributed by atoms with van der Waals surface area (Å²) in [5, 5.41) is 1.60. The third-order valence-corrected chi connectivity index (χ3v) is 8.42. The number of rotatable bonds is 3. The zero-order chi connectivity index (χ0) is 28.7. The SMILES string of the molecule is [2H]C1([2H])CC(C2CCCC2)C([2H])([2H])c2cccc(-c3c(F)ccc4c3oc3c(-c5cccc[n+]5C)c(C)ccc34)c21. The Kier molecular flexibility index (Phi) is 4.47. The van der Waals surface area contributed by atoms with Crippen LogP contribution in [-0.4, -0.2) is 0 Å². The molecule has 2 aliphatic rings. The molecular weight excluding hydrogens is 457 g/mol. The first-order chi connectivity index (χ1) is 19.6. The average molecular weight is 495 g/mol. The van der Waals surface area contributed by atoms with Gasteiger partial charge < -0.3 is 4.42 Å². The number of hydrogen-bond donors (Lipinski definition) is 0. The maximum Gasteiger partial charge on any atom is 0.216 e. The normalized spacial score (nSPS) is 22.4. The highest BCUT2D eigenvalue weighted by Gasteiger charge is 2.31. The summed E-state index contributed by atoms with van der Waals surface area (Å²) in [6, 6.07) is 18.3. The van der Waals surface area contributed by atoms with Gasteiger partial charge in [-0.1, -0.05) is 56.0 Å². The molecule has 1 unspecified atom stereocenters. The van der Waals surface area contributed by atoms with E-state index in [1.54, 1.807) is 24.3 Å². The Bertz CT molecular complexity index is 1840. The van der Waals surface area contributed by atoms with Crippen molar-refractivity contribution >= 4 is 21.9 Å². The second-order valence-electron chi connectivity index (χ2n) is 10.6. The summed E-state index contributed by atoms with van der Waals surface area (Å²) >= 11 is 0. The van der Waals surface area contributed by atoms with Gasteiger partial charge in [0.2, 0.25) is 5.69 Å². The third-order valence-electron chi connectivity index (χ3n) is 8.42. The van der Waals surface area contributed by atoms with Crippen molar-refractivity contribution in [3.8, 4) is 22.4 Å². The van der Waals surface area contributed by atoms with Crippen molar-refractivity contribution in [2.75, 3.05) is 0 Å². The molecule has 0 spiro atoms. The molecule has 0 amide bonds. The van der Waals surface area contributed by atoms with Crippen molar-refractivity contribution in [2.24, 2.45) is 18.9 Å². The van der Waals surface area contributed by atoms with Crippen LogP contribution in [0.15, 0.2) is 71.3 Å². The molecule has 0 bridgehead atoms. The lowest BCUT2D eigenvalue weighted by Gasteiger charge is -2.30. The zero-order valence-corrected chi connectivity index (χ0v) is 21.3. The fraction of sp³-hybridized carbons (Fsp3) is 0.324. The van der Waals surface area contributed by atoms with Crippen molar-refractivity contribution in [3.63, 3.8) is 0 Å². The molecule has 7 rings (SSSR count). The monoisotopic (exact) mass is 494 g/mol. The number of furan rings is 1. The fourth-order valence-electron chi connectivity index (χ4n) is 6.51. The van der Waals surface area contributed by atoms with Gasteiger partial charge in [-0.25, -0.2) is 8.96 Å². The van der Waals surface area contributed by atoms with Crippen molar-refractivity contribution in [1.29, 1.82) is 0 Å². The van der Waals surface area contributed by atoms with Crippen LogP contribution < -0.4 is 4.57 Å². The van der Waals surface area contributed by atoms with Gasteiger partial charge in [0.25, 0.3) is 0 Å². The van der Waals surface area contributed by atoms with Crippen LogP contribution in [0.1, 0.15) is 54.3 Å². The predicted octanol–water partition coefficient (Wildman–Crippen LogP) is 8.49. The first-order valence-electron chi connectivity index (χ1n) is 15.3. The fourth-order valence-corrected chi connectivity index (χ4v) is 6.51. The first-order valence-corrected chi connectivity index (χ1v) is 13.3. The lowest BCUT2D eigenvalue weighted by molar-refractivity contribution is -0.660. The van der Waals surface area contributed by atoms with Gasteiger partial charge in [0.1, 0.15) is 24.0 Å². The molecule has 1 saturated carbocycles. The van der Waals surface area contributed by atoms with Gasteiger partial charge in [-0.15, -0.1) is 0 Å². The molecule has 3 heteroatoms. The number of pyridine rings is 1. The Balaban J connectivity index is 1.50. The molecule has 1 atom stereocenters. The highest BCUT2D eigenvalue weighted by molar-refractivity contribution is 6.13. The number of benzene rings is 3. The lowest BCUT2D eigenvalue weighted by Crippen LogP contribution is -2.30. The molecule has 0 aliphatic heterocycles. The van der Waals surface area contributed by atoms with Gasteiger partial charge in [0, 0.05) is 28.4 Å². The van der Waals surface area contributed by atoms with E-state index in [0.29, 0.717) is 22.3 Å². The van der Waals surface area contributed by atoms with E-state index < -0.39 is 24.5 Å². The van der Waals surface area contributed by atoms with Crippen molar-refractivity contribution in [3.05, 3.63) is 89.4 Å². The zero-order valence-electron chi connectivity index (χ0n) is 25.3. The Morgan fingerprint density at radius 3 is 2.46 bits per heavy atom. The van der Waals surface area contributed by atoms with E-state index in [0.717, 1.165) is 53.3 Å². The van der Waals surface area contributed by atoms with E-state index >= 15 is 4.39 Å². The van der Waals surface area contributed by atoms with Gasteiger partial charge in [-0.2, -0.15) is 0 Å². The molecule has 2 aliphatic carbocycles. The number of nitrogens with zero attached hydrogens (tertiary/aromatic N) is 1. The Hall–Kier alpha value is -3.46. The molecule has 37 heavy (non-hydrogen) atoms. The second-order valence-corrected chi connectivity index (χ2v) is 10.6. The van der Waals surface area contributed by atoms with Gasteiger partial charge >= 0.3 is 0 Å². The molecule has 0 N–H and O–H groups in total. The number of aromatic nitrogens is 1. The molecule has 1 fully saturated rings. The van der Waals surface area contributed by atoms with Crippen LogP contribution in [0.5, 0.6) is 0 Å². The van der Waals surface area contributed by atoms with Crippen molar-refractivity contribution in [1.82, 2.24) is 0 Å². The average Bonchev–Trinajstić information content (AvgIpc) is 3.59. The summed E-state index contributed by atoms with van der Waals surface area (Å²) < 4.78 is 61.4. The van der Waals surface area contributed by atoms with Crippen LogP contribution in [0.25, 0.3) is 44.3 Å². The molecule has 3 aromatic carbocycles. The Morgan fingerprint density at radius 1 is 0.865 bits per heavy atom. The lowest BCUT2D eigenvalue weighted by atomic mass is 9.74. The predicted molar refractivity (Wildman–Crippen MR) is 148 cm³/mol. The van der Waals surface area contributed by atoms with Crippen LogP contribution in [0.4, 0.5) is 4.39 Å². The van der Waals surface area contributed by atoms with Crippen molar-refractivity contribution < 1.29 is 18.9 Å². The summed E-state index contributed by atoms with van der Waals surface area (Å²) in [5.41, 5.74) is 5.07. The largest absolute Gasteiger partial charge is 0.454 e. The molecule has 186 valence electrons. The summed E-state index contributed by atoms with van der Waals surface area (Å²) in [4.78, 5) is 0. The van der Waals surface area contributed by atoms with E-state index in [1.165, 1.54) is 6.07 Å². The highest BCUT2D eigenvalue weighted by atomic mass is 19.1. The minimum absolute atomic E-state index is 0.0836. The van der Waals surface area contributed by atoms with Crippen LogP contribution in [-0.2, 0) is 19.8 Å². The van der Waals surface area contributed by atoms with Crippen LogP contribution in [0, 0.1) is 24.6 Å². The Labute approximate surface area is 223 Å². The standard InChI is InChI=1S/C34H33FNO/c1-21-13-15-27-28-17-18-29(35)32(34(28)37-33(27)31(21)30-12-5-6-19-36(30)2)26-11-7-10-24-20-23(14-16-25(24)26)22-8-3-4-9-22/h5-7,10-13,15,17-19,22-23H,3-4,8-9,14,16,20H2,1-2H3/q+1/i16D2,20D2. The molecule has 0 radical (unpaired) electrons. The van der Waals surface area contributed by atoms with E-state index in [1.807, 2.05) is 55.1 Å². The highest BCUT2D eigenvalue weighted by Crippen LogP contribution is 2.45. The van der Waals surface area contributed by atoms with Gasteiger partial charge in [0.05, 0.1) is 11.1 Å². The van der Waals surface area contributed by atoms with E-state index in [4.69, 9.17) is 4.42 Å². The van der Waals surface area contributed by atoms with Crippen LogP contribution >= 0.6 is 0 Å². The minimum atomic E-state index is -1.81. The number of aryl methyl sites for hydroxylation is 2. The van der Waals surface area contributed by atoms with Gasteiger partial charge in [-0.05, 0) is 78.4 Å². The number of hydrogen-bond acceptors (Lipinski definition) is 1. The van der Waals surface area contributed by atoms with E-state index in [-0.39, 0.29) is 23.5 Å². The topological polar surface area (TPSA) is 17.0 Å². The summed E-state index contributed by atoms with van der Waals surface area (Å²) in [6.45, 7) is 2.03. The summed E-state index contributed by atoms with van der Waals surface area (Å²) in [6.07, 6.45) is 2.53. The third kappa shape index (κ3) is 3.62. The van der Waals surface area contributed by atoms with E-state index in [9.17, 15) is 5.48 Å². The smallest absolute Gasteiger partial charge is 0.216 e. The van der Waals surface area contributed by atoms with Gasteiger partial charge in [-0.3, -0.25) is 0 Å². The van der Waals surface area contributed by atoms with Crippen LogP contribution in [0.3, 0.4) is 0 Å². The minimum Gasteiger partial charge on any atom is -0.454 e. The second kappa shape index (κ2) is 8.83. The quantitative estimate of drug-likeness (QED) is 0.230. The Morgan fingerprint density at radius 2 is 1.65 bits per heavy atom. The molecule has 2 nitrogen and oxygen atoms in total. The molecular formula is C34H33FNO+. The first kappa shape index (κ1) is 18.7. The molecule has 0 saturated heterocycles. The molecule has 2 heterocycles. The van der Waals surface area contributed by atoms with Crippen LogP contribution in [0.2, 0.25) is 0 Å². The summed E-state index contributed by atoms with van der Waals surface area (Å²) in [5.74, 6) is -0.761. The number of halogens is 1. The van der Waals surface area contributed by atoms with Gasteiger partial charge in [0.15, 0.2) is 6.20 Å².